The molecule has 31 heavy (non-hydrogen) atoms. The Balaban J connectivity index is 1.49. The van der Waals surface area contributed by atoms with Crippen LogP contribution in [0.15, 0.2) is 82.0 Å². The lowest BCUT2D eigenvalue weighted by Crippen LogP contribution is -2.34. The SMILES string of the molecule is O=C(Cn1c(=O)oc2ccccc21)NC[C@H](Cc1ccc(Cl)cc1)c1ccc(Cl)cc1. The third-order valence-electron chi connectivity index (χ3n) is 5.16. The molecule has 4 rings (SSSR count). The Labute approximate surface area is 189 Å². The van der Waals surface area contributed by atoms with Gasteiger partial charge in [-0.05, 0) is 53.9 Å². The number of rotatable bonds is 7. The Kier molecular flexibility index (Phi) is 6.44. The van der Waals surface area contributed by atoms with Crippen LogP contribution in [0.3, 0.4) is 0 Å². The molecule has 0 unspecified atom stereocenters. The van der Waals surface area contributed by atoms with Gasteiger partial charge in [-0.15, -0.1) is 0 Å². The zero-order valence-electron chi connectivity index (χ0n) is 16.6. The number of para-hydroxylation sites is 2. The van der Waals surface area contributed by atoms with E-state index < -0.39 is 5.76 Å². The first-order valence-electron chi connectivity index (χ1n) is 9.84. The average Bonchev–Trinajstić information content (AvgIpc) is 3.08. The van der Waals surface area contributed by atoms with Gasteiger partial charge in [0.2, 0.25) is 5.91 Å². The number of amides is 1. The van der Waals surface area contributed by atoms with Gasteiger partial charge in [-0.3, -0.25) is 9.36 Å². The summed E-state index contributed by atoms with van der Waals surface area (Å²) in [5, 5.41) is 4.29. The van der Waals surface area contributed by atoms with E-state index in [4.69, 9.17) is 27.6 Å². The van der Waals surface area contributed by atoms with Gasteiger partial charge < -0.3 is 9.73 Å². The average molecular weight is 455 g/mol. The van der Waals surface area contributed by atoms with Crippen LogP contribution in [0.5, 0.6) is 0 Å². The van der Waals surface area contributed by atoms with E-state index in [1.54, 1.807) is 24.3 Å². The lowest BCUT2D eigenvalue weighted by Gasteiger charge is -2.19. The maximum Gasteiger partial charge on any atom is 0.420 e. The van der Waals surface area contributed by atoms with Crippen LogP contribution < -0.4 is 11.1 Å². The van der Waals surface area contributed by atoms with Crippen molar-refractivity contribution in [2.45, 2.75) is 18.9 Å². The van der Waals surface area contributed by atoms with Crippen molar-refractivity contribution in [1.29, 1.82) is 0 Å². The van der Waals surface area contributed by atoms with Crippen LogP contribution >= 0.6 is 23.2 Å². The summed E-state index contributed by atoms with van der Waals surface area (Å²) < 4.78 is 6.53. The van der Waals surface area contributed by atoms with Crippen LogP contribution in [0, 0.1) is 0 Å². The van der Waals surface area contributed by atoms with Gasteiger partial charge in [-0.2, -0.15) is 0 Å². The van der Waals surface area contributed by atoms with E-state index in [2.05, 4.69) is 5.32 Å². The smallest absolute Gasteiger partial charge is 0.408 e. The van der Waals surface area contributed by atoms with Crippen molar-refractivity contribution in [3.05, 3.63) is 105 Å². The summed E-state index contributed by atoms with van der Waals surface area (Å²) >= 11 is 12.0. The molecular weight excluding hydrogens is 435 g/mol. The molecule has 0 aliphatic heterocycles. The highest BCUT2D eigenvalue weighted by molar-refractivity contribution is 6.30. The number of nitrogens with zero attached hydrogens (tertiary/aromatic N) is 1. The molecule has 158 valence electrons. The molecule has 5 nitrogen and oxygen atoms in total. The Morgan fingerprint density at radius 3 is 2.29 bits per heavy atom. The molecular formula is C24H20Cl2N2O3. The summed E-state index contributed by atoms with van der Waals surface area (Å²) in [5.74, 6) is -0.782. The zero-order valence-corrected chi connectivity index (χ0v) is 18.1. The first kappa shape index (κ1) is 21.2. The summed E-state index contributed by atoms with van der Waals surface area (Å²) in [6.45, 7) is 0.303. The van der Waals surface area contributed by atoms with E-state index in [0.29, 0.717) is 34.1 Å². The maximum atomic E-state index is 12.6. The minimum absolute atomic E-state index is 0.0280. The maximum absolute atomic E-state index is 12.6. The monoisotopic (exact) mass is 454 g/mol. The predicted octanol–water partition coefficient (Wildman–Crippen LogP) is 5.04. The summed E-state index contributed by atoms with van der Waals surface area (Å²) in [6, 6.07) is 22.3. The first-order valence-corrected chi connectivity index (χ1v) is 10.6. The quantitative estimate of drug-likeness (QED) is 0.425. The van der Waals surface area contributed by atoms with Gasteiger partial charge in [0.15, 0.2) is 5.58 Å². The van der Waals surface area contributed by atoms with E-state index in [1.165, 1.54) is 4.57 Å². The second kappa shape index (κ2) is 9.41. The number of carbonyl (C=O) groups is 1. The van der Waals surface area contributed by atoms with E-state index in [0.717, 1.165) is 11.1 Å². The number of hydrogen-bond acceptors (Lipinski definition) is 3. The summed E-state index contributed by atoms with van der Waals surface area (Å²) in [7, 11) is 0. The fourth-order valence-electron chi connectivity index (χ4n) is 3.55. The molecule has 1 N–H and O–H groups in total. The molecule has 1 amide bonds. The minimum atomic E-state index is -0.549. The highest BCUT2D eigenvalue weighted by Gasteiger charge is 2.16. The molecule has 7 heteroatoms. The second-order valence-electron chi connectivity index (χ2n) is 7.30. The zero-order chi connectivity index (χ0) is 21.8. The highest BCUT2D eigenvalue weighted by Crippen LogP contribution is 2.23. The number of hydrogen-bond donors (Lipinski definition) is 1. The van der Waals surface area contributed by atoms with Gasteiger partial charge in [-0.25, -0.2) is 4.79 Å². The molecule has 0 saturated heterocycles. The number of halogens is 2. The Bertz CT molecular complexity index is 1240. The Hall–Kier alpha value is -3.02. The number of carbonyl (C=O) groups excluding carboxylic acids is 1. The van der Waals surface area contributed by atoms with Gasteiger partial charge in [0, 0.05) is 22.5 Å². The molecule has 0 fully saturated rings. The van der Waals surface area contributed by atoms with Gasteiger partial charge in [0.1, 0.15) is 6.54 Å². The highest BCUT2D eigenvalue weighted by atomic mass is 35.5. The van der Waals surface area contributed by atoms with Crippen LogP contribution in [-0.4, -0.2) is 17.0 Å². The second-order valence-corrected chi connectivity index (χ2v) is 8.18. The van der Waals surface area contributed by atoms with Crippen LogP contribution in [0.1, 0.15) is 17.0 Å². The van der Waals surface area contributed by atoms with Gasteiger partial charge in [0.25, 0.3) is 0 Å². The van der Waals surface area contributed by atoms with E-state index in [9.17, 15) is 9.59 Å². The lowest BCUT2D eigenvalue weighted by atomic mass is 9.92. The molecule has 0 aliphatic rings. The van der Waals surface area contributed by atoms with Crippen molar-refractivity contribution in [2.24, 2.45) is 0 Å². The van der Waals surface area contributed by atoms with Crippen LogP contribution in [0.4, 0.5) is 0 Å². The summed E-state index contributed by atoms with van der Waals surface area (Å²) in [6.07, 6.45) is 0.716. The number of benzene rings is 3. The van der Waals surface area contributed by atoms with E-state index in [-0.39, 0.29) is 18.4 Å². The van der Waals surface area contributed by atoms with Crippen LogP contribution in [0.2, 0.25) is 10.0 Å². The van der Waals surface area contributed by atoms with Gasteiger partial charge >= 0.3 is 5.76 Å². The number of oxazole rings is 1. The van der Waals surface area contributed by atoms with Crippen molar-refractivity contribution in [3.8, 4) is 0 Å². The number of aromatic nitrogens is 1. The van der Waals surface area contributed by atoms with Crippen molar-refractivity contribution < 1.29 is 9.21 Å². The van der Waals surface area contributed by atoms with Crippen molar-refractivity contribution in [3.63, 3.8) is 0 Å². The first-order chi connectivity index (χ1) is 15.0. The normalized spacial score (nSPS) is 12.1. The molecule has 1 aromatic heterocycles. The Morgan fingerprint density at radius 1 is 0.935 bits per heavy atom. The van der Waals surface area contributed by atoms with Crippen molar-refractivity contribution >= 4 is 40.2 Å². The molecule has 4 aromatic rings. The van der Waals surface area contributed by atoms with Crippen molar-refractivity contribution in [2.75, 3.05) is 6.54 Å². The molecule has 0 saturated carbocycles. The fraction of sp³-hybridized carbons (Fsp3) is 0.167. The molecule has 1 atom stereocenters. The van der Waals surface area contributed by atoms with Crippen LogP contribution in [0.25, 0.3) is 11.1 Å². The standard InChI is InChI=1S/C24H20Cl2N2O3/c25-19-9-5-16(6-10-19)13-18(17-7-11-20(26)12-8-17)14-27-23(29)15-28-21-3-1-2-4-22(21)31-24(28)30/h1-12,18H,13-15H2,(H,27,29)/t18-/m0/s1. The number of fused-ring (bicyclic) bond motifs is 1. The van der Waals surface area contributed by atoms with Gasteiger partial charge in [0.05, 0.1) is 5.52 Å². The third kappa shape index (κ3) is 5.19. The lowest BCUT2D eigenvalue weighted by molar-refractivity contribution is -0.121. The molecule has 3 aromatic carbocycles. The topological polar surface area (TPSA) is 64.2 Å². The molecule has 0 spiro atoms. The molecule has 0 aliphatic carbocycles. The number of nitrogens with one attached hydrogen (secondary N) is 1. The fourth-order valence-corrected chi connectivity index (χ4v) is 3.80. The molecule has 1 heterocycles. The summed E-state index contributed by atoms with van der Waals surface area (Å²) in [4.78, 5) is 24.8. The third-order valence-corrected chi connectivity index (χ3v) is 5.66. The molecule has 0 bridgehead atoms. The molecule has 0 radical (unpaired) electrons. The Morgan fingerprint density at radius 2 is 1.58 bits per heavy atom. The largest absolute Gasteiger partial charge is 0.420 e. The predicted molar refractivity (Wildman–Crippen MR) is 123 cm³/mol. The van der Waals surface area contributed by atoms with Gasteiger partial charge in [-0.1, -0.05) is 59.6 Å². The minimum Gasteiger partial charge on any atom is -0.408 e. The van der Waals surface area contributed by atoms with E-state index >= 15 is 0 Å². The van der Waals surface area contributed by atoms with E-state index in [1.807, 2.05) is 48.5 Å². The van der Waals surface area contributed by atoms with Crippen LogP contribution in [-0.2, 0) is 17.8 Å². The summed E-state index contributed by atoms with van der Waals surface area (Å²) in [5.41, 5.74) is 3.22. The van der Waals surface area contributed by atoms with Crippen molar-refractivity contribution in [1.82, 2.24) is 9.88 Å².